The Balaban J connectivity index is 2.43. The van der Waals surface area contributed by atoms with Crippen LogP contribution in [0.1, 0.15) is 40.0 Å². The van der Waals surface area contributed by atoms with Gasteiger partial charge in [-0.1, -0.05) is 33.0 Å². The lowest BCUT2D eigenvalue weighted by atomic mass is 9.92. The SMILES string of the molecule is CCC(C(=O)NCC1(C(C)C)CC1)C(N)=S. The smallest absolute Gasteiger partial charge is 0.229 e. The predicted molar refractivity (Wildman–Crippen MR) is 70.1 cm³/mol. The molecule has 0 aliphatic heterocycles. The number of nitrogens with two attached hydrogens (primary N) is 1. The van der Waals surface area contributed by atoms with E-state index in [1.54, 1.807) is 0 Å². The zero-order valence-corrected chi connectivity index (χ0v) is 11.2. The third-order valence-corrected chi connectivity index (χ3v) is 4.08. The highest BCUT2D eigenvalue weighted by Gasteiger charge is 2.45. The van der Waals surface area contributed by atoms with E-state index in [0.717, 1.165) is 6.54 Å². The molecule has 0 saturated heterocycles. The van der Waals surface area contributed by atoms with Crippen LogP contribution in [0.25, 0.3) is 0 Å². The Kier molecular flexibility index (Phi) is 4.30. The molecule has 4 heteroatoms. The van der Waals surface area contributed by atoms with E-state index in [1.165, 1.54) is 12.8 Å². The van der Waals surface area contributed by atoms with E-state index in [4.69, 9.17) is 18.0 Å². The summed E-state index contributed by atoms with van der Waals surface area (Å²) in [7, 11) is 0. The van der Waals surface area contributed by atoms with Crippen molar-refractivity contribution in [2.75, 3.05) is 6.54 Å². The average molecular weight is 242 g/mol. The Hall–Kier alpha value is -0.640. The molecule has 1 aliphatic rings. The van der Waals surface area contributed by atoms with Gasteiger partial charge in [0.2, 0.25) is 5.91 Å². The fraction of sp³-hybridized carbons (Fsp3) is 0.833. The summed E-state index contributed by atoms with van der Waals surface area (Å²) in [6.45, 7) is 7.12. The van der Waals surface area contributed by atoms with Crippen LogP contribution in [-0.4, -0.2) is 17.4 Å². The van der Waals surface area contributed by atoms with Crippen molar-refractivity contribution in [3.63, 3.8) is 0 Å². The van der Waals surface area contributed by atoms with Gasteiger partial charge in [-0.15, -0.1) is 0 Å². The lowest BCUT2D eigenvalue weighted by molar-refractivity contribution is -0.123. The minimum Gasteiger partial charge on any atom is -0.393 e. The summed E-state index contributed by atoms with van der Waals surface area (Å²) >= 11 is 4.88. The zero-order valence-electron chi connectivity index (χ0n) is 10.4. The predicted octanol–water partition coefficient (Wildman–Crippen LogP) is 1.85. The second kappa shape index (κ2) is 5.13. The van der Waals surface area contributed by atoms with Crippen LogP contribution < -0.4 is 11.1 Å². The van der Waals surface area contributed by atoms with Crippen LogP contribution in [0.3, 0.4) is 0 Å². The molecule has 92 valence electrons. The standard InChI is InChI=1S/C12H22N2OS/c1-4-9(10(13)16)11(15)14-7-12(5-6-12)8(2)3/h8-9H,4-7H2,1-3H3,(H2,13,16)(H,14,15). The lowest BCUT2D eigenvalue weighted by Crippen LogP contribution is -2.40. The van der Waals surface area contributed by atoms with Gasteiger partial charge in [0.25, 0.3) is 0 Å². The van der Waals surface area contributed by atoms with E-state index in [1.807, 2.05) is 6.92 Å². The molecule has 1 amide bonds. The van der Waals surface area contributed by atoms with Crippen LogP contribution in [0.4, 0.5) is 0 Å². The highest BCUT2D eigenvalue weighted by Crippen LogP contribution is 2.51. The maximum absolute atomic E-state index is 11.8. The molecular weight excluding hydrogens is 220 g/mol. The van der Waals surface area contributed by atoms with Gasteiger partial charge in [-0.05, 0) is 30.6 Å². The summed E-state index contributed by atoms with van der Waals surface area (Å²) in [5.41, 5.74) is 5.87. The monoisotopic (exact) mass is 242 g/mol. The van der Waals surface area contributed by atoms with Crippen molar-refractivity contribution in [3.05, 3.63) is 0 Å². The second-order valence-corrected chi connectivity index (χ2v) is 5.57. The number of thiocarbonyl (C=S) groups is 1. The van der Waals surface area contributed by atoms with Gasteiger partial charge in [0.05, 0.1) is 10.9 Å². The summed E-state index contributed by atoms with van der Waals surface area (Å²) in [6, 6.07) is 0. The van der Waals surface area contributed by atoms with E-state index in [2.05, 4.69) is 19.2 Å². The molecule has 0 bridgehead atoms. The molecule has 0 radical (unpaired) electrons. The zero-order chi connectivity index (χ0) is 12.3. The highest BCUT2D eigenvalue weighted by molar-refractivity contribution is 7.80. The number of carbonyl (C=O) groups is 1. The maximum atomic E-state index is 11.8. The van der Waals surface area contributed by atoms with Crippen molar-refractivity contribution >= 4 is 23.1 Å². The summed E-state index contributed by atoms with van der Waals surface area (Å²) in [5, 5.41) is 2.99. The molecule has 1 saturated carbocycles. The molecular formula is C12H22N2OS. The molecule has 16 heavy (non-hydrogen) atoms. The molecule has 1 unspecified atom stereocenters. The van der Waals surface area contributed by atoms with Crippen molar-refractivity contribution in [1.29, 1.82) is 0 Å². The van der Waals surface area contributed by atoms with Crippen molar-refractivity contribution < 1.29 is 4.79 Å². The average Bonchev–Trinajstić information content (AvgIpc) is 2.96. The number of carbonyl (C=O) groups excluding carboxylic acids is 1. The highest BCUT2D eigenvalue weighted by atomic mass is 32.1. The Morgan fingerprint density at radius 3 is 2.38 bits per heavy atom. The normalized spacial score (nSPS) is 19.2. The van der Waals surface area contributed by atoms with Crippen LogP contribution in [0.15, 0.2) is 0 Å². The molecule has 1 aliphatic carbocycles. The second-order valence-electron chi connectivity index (χ2n) is 5.10. The molecule has 1 atom stereocenters. The van der Waals surface area contributed by atoms with Crippen LogP contribution in [0, 0.1) is 17.3 Å². The quantitative estimate of drug-likeness (QED) is 0.699. The summed E-state index contributed by atoms with van der Waals surface area (Å²) in [6.07, 6.45) is 3.11. The topological polar surface area (TPSA) is 55.1 Å². The lowest BCUT2D eigenvalue weighted by Gasteiger charge is -2.21. The Morgan fingerprint density at radius 1 is 1.50 bits per heavy atom. The first kappa shape index (κ1) is 13.4. The molecule has 3 nitrogen and oxygen atoms in total. The molecule has 1 fully saturated rings. The van der Waals surface area contributed by atoms with Crippen LogP contribution in [0.5, 0.6) is 0 Å². The first-order valence-electron chi connectivity index (χ1n) is 6.00. The molecule has 0 aromatic carbocycles. The van der Waals surface area contributed by atoms with Gasteiger partial charge in [-0.2, -0.15) is 0 Å². The van der Waals surface area contributed by atoms with E-state index < -0.39 is 0 Å². The summed E-state index contributed by atoms with van der Waals surface area (Å²) in [5.74, 6) is 0.303. The van der Waals surface area contributed by atoms with Gasteiger partial charge in [0.15, 0.2) is 0 Å². The Labute approximate surface area is 103 Å². The minimum atomic E-state index is -0.307. The fourth-order valence-corrected chi connectivity index (χ4v) is 2.29. The number of hydrogen-bond donors (Lipinski definition) is 2. The maximum Gasteiger partial charge on any atom is 0.229 e. The van der Waals surface area contributed by atoms with Gasteiger partial charge in [0.1, 0.15) is 0 Å². The first-order valence-corrected chi connectivity index (χ1v) is 6.41. The fourth-order valence-electron chi connectivity index (χ4n) is 2.02. The molecule has 0 aromatic heterocycles. The van der Waals surface area contributed by atoms with Crippen molar-refractivity contribution in [1.82, 2.24) is 5.32 Å². The van der Waals surface area contributed by atoms with E-state index in [0.29, 0.717) is 22.7 Å². The molecule has 1 rings (SSSR count). The summed E-state index contributed by atoms with van der Waals surface area (Å²) < 4.78 is 0. The van der Waals surface area contributed by atoms with Crippen LogP contribution in [-0.2, 0) is 4.79 Å². The van der Waals surface area contributed by atoms with E-state index in [-0.39, 0.29) is 11.8 Å². The summed E-state index contributed by atoms with van der Waals surface area (Å²) in [4.78, 5) is 12.1. The first-order chi connectivity index (χ1) is 7.43. The third kappa shape index (κ3) is 2.94. The van der Waals surface area contributed by atoms with Gasteiger partial charge in [0, 0.05) is 6.54 Å². The van der Waals surface area contributed by atoms with Gasteiger partial charge in [-0.3, -0.25) is 4.79 Å². The Bertz CT molecular complexity index is 285. The number of rotatable bonds is 6. The molecule has 0 spiro atoms. The van der Waals surface area contributed by atoms with E-state index in [9.17, 15) is 4.79 Å². The number of nitrogens with one attached hydrogen (secondary N) is 1. The van der Waals surface area contributed by atoms with Crippen LogP contribution >= 0.6 is 12.2 Å². The number of amides is 1. The molecule has 0 aromatic rings. The largest absolute Gasteiger partial charge is 0.393 e. The van der Waals surface area contributed by atoms with Gasteiger partial charge < -0.3 is 11.1 Å². The number of hydrogen-bond acceptors (Lipinski definition) is 2. The van der Waals surface area contributed by atoms with Gasteiger partial charge >= 0.3 is 0 Å². The molecule has 3 N–H and O–H groups in total. The minimum absolute atomic E-state index is 0.0121. The van der Waals surface area contributed by atoms with Crippen LogP contribution in [0.2, 0.25) is 0 Å². The molecule has 0 heterocycles. The van der Waals surface area contributed by atoms with Gasteiger partial charge in [-0.25, -0.2) is 0 Å². The van der Waals surface area contributed by atoms with Crippen molar-refractivity contribution in [2.24, 2.45) is 23.0 Å². The Morgan fingerprint density at radius 2 is 2.06 bits per heavy atom. The van der Waals surface area contributed by atoms with E-state index >= 15 is 0 Å². The van der Waals surface area contributed by atoms with Crippen molar-refractivity contribution in [2.45, 2.75) is 40.0 Å². The van der Waals surface area contributed by atoms with Crippen molar-refractivity contribution in [3.8, 4) is 0 Å². The third-order valence-electron chi connectivity index (χ3n) is 3.80.